The van der Waals surface area contributed by atoms with Crippen LogP contribution in [0.5, 0.6) is 11.5 Å². The largest absolute Gasteiger partial charge is 0.497 e. The second-order valence-electron chi connectivity index (χ2n) is 9.97. The van der Waals surface area contributed by atoms with Gasteiger partial charge in [-0.25, -0.2) is 4.79 Å². The van der Waals surface area contributed by atoms with E-state index in [0.717, 1.165) is 28.2 Å². The first kappa shape index (κ1) is 28.7. The number of nitrogens with zero attached hydrogens (tertiary/aromatic N) is 1. The zero-order valence-electron chi connectivity index (χ0n) is 23.1. The van der Waals surface area contributed by atoms with Crippen LogP contribution in [0.1, 0.15) is 35.8 Å². The smallest absolute Gasteiger partial charge is 0.330 e. The molecule has 8 nitrogen and oxygen atoms in total. The summed E-state index contributed by atoms with van der Waals surface area (Å²) in [5.41, 5.74) is 1.03. The van der Waals surface area contributed by atoms with Gasteiger partial charge >= 0.3 is 5.69 Å². The number of benzene rings is 3. The van der Waals surface area contributed by atoms with Crippen molar-refractivity contribution in [3.05, 3.63) is 129 Å². The minimum Gasteiger partial charge on any atom is -0.497 e. The Balaban J connectivity index is 1.47. The molecule has 1 aromatic heterocycles. The highest BCUT2D eigenvalue weighted by Crippen LogP contribution is 2.42. The second-order valence-corrected chi connectivity index (χ2v) is 10.3. The minimum absolute atomic E-state index is 0.110. The fourth-order valence-corrected chi connectivity index (χ4v) is 5.89. The average Bonchev–Trinajstić information content (AvgIpc) is 3.42. The molecule has 0 saturated carbocycles. The van der Waals surface area contributed by atoms with Crippen molar-refractivity contribution in [2.75, 3.05) is 26.6 Å². The van der Waals surface area contributed by atoms with Gasteiger partial charge < -0.3 is 18.9 Å². The number of aromatic nitrogens is 2. The molecule has 0 bridgehead atoms. The summed E-state index contributed by atoms with van der Waals surface area (Å²) in [5.74, 6) is 2.22. The van der Waals surface area contributed by atoms with Crippen LogP contribution in [0.3, 0.4) is 0 Å². The fourth-order valence-electron chi connectivity index (χ4n) is 5.51. The fraction of sp³-hybridized carbons (Fsp3) is 0.312. The highest BCUT2D eigenvalue weighted by molar-refractivity contribution is 7.80. The van der Waals surface area contributed by atoms with Gasteiger partial charge in [0.15, 0.2) is 0 Å². The SMILES string of the molecule is COc1ccc(C(OCC[C@H]2O[C@@H](n3ccc(=O)[nH]c3=O)C[C@@H]2CS)(c2ccccc2)c2ccc(OC)cc2)cc1. The molecule has 2 heterocycles. The van der Waals surface area contributed by atoms with E-state index >= 15 is 0 Å². The number of nitrogens with one attached hydrogen (secondary N) is 1. The summed E-state index contributed by atoms with van der Waals surface area (Å²) in [5, 5.41) is 0. The van der Waals surface area contributed by atoms with Crippen LogP contribution in [0.4, 0.5) is 0 Å². The van der Waals surface area contributed by atoms with Crippen molar-refractivity contribution in [1.29, 1.82) is 0 Å². The van der Waals surface area contributed by atoms with E-state index in [4.69, 9.17) is 18.9 Å². The third-order valence-corrected chi connectivity index (χ3v) is 8.12. The number of aromatic amines is 1. The number of methoxy groups -OCH3 is 2. The molecule has 1 aliphatic heterocycles. The summed E-state index contributed by atoms with van der Waals surface area (Å²) >= 11 is 4.57. The van der Waals surface area contributed by atoms with E-state index in [2.05, 4.69) is 29.7 Å². The van der Waals surface area contributed by atoms with Crippen molar-refractivity contribution in [3.8, 4) is 11.5 Å². The molecule has 3 aromatic carbocycles. The van der Waals surface area contributed by atoms with Crippen LogP contribution < -0.4 is 20.7 Å². The molecule has 1 fully saturated rings. The van der Waals surface area contributed by atoms with Crippen LogP contribution in [0.25, 0.3) is 0 Å². The highest BCUT2D eigenvalue weighted by Gasteiger charge is 2.40. The van der Waals surface area contributed by atoms with Crippen molar-refractivity contribution in [3.63, 3.8) is 0 Å². The summed E-state index contributed by atoms with van der Waals surface area (Å²) in [6.45, 7) is 0.370. The van der Waals surface area contributed by atoms with E-state index in [1.54, 1.807) is 14.2 Å². The lowest BCUT2D eigenvalue weighted by Gasteiger charge is -2.36. The van der Waals surface area contributed by atoms with E-state index in [-0.39, 0.29) is 12.0 Å². The van der Waals surface area contributed by atoms with Crippen LogP contribution in [0.2, 0.25) is 0 Å². The van der Waals surface area contributed by atoms with Crippen molar-refractivity contribution in [2.45, 2.75) is 30.8 Å². The summed E-state index contributed by atoms with van der Waals surface area (Å²) in [4.78, 5) is 26.3. The minimum atomic E-state index is -0.926. The van der Waals surface area contributed by atoms with E-state index < -0.39 is 23.1 Å². The predicted molar refractivity (Wildman–Crippen MR) is 160 cm³/mol. The van der Waals surface area contributed by atoms with Crippen molar-refractivity contribution in [1.82, 2.24) is 9.55 Å². The van der Waals surface area contributed by atoms with Crippen LogP contribution in [-0.2, 0) is 15.1 Å². The number of ether oxygens (including phenoxy) is 4. The second kappa shape index (κ2) is 12.8. The van der Waals surface area contributed by atoms with Gasteiger partial charge in [-0.05, 0) is 65.5 Å². The van der Waals surface area contributed by atoms with E-state index in [1.807, 2.05) is 66.7 Å². The molecule has 0 amide bonds. The Hall–Kier alpha value is -3.79. The summed E-state index contributed by atoms with van der Waals surface area (Å²) in [7, 11) is 3.29. The summed E-state index contributed by atoms with van der Waals surface area (Å²) in [6.07, 6.45) is 2.01. The first-order valence-electron chi connectivity index (χ1n) is 13.5. The molecule has 1 N–H and O–H groups in total. The molecular formula is C32H34N2O6S. The maximum atomic E-state index is 12.4. The van der Waals surface area contributed by atoms with Gasteiger partial charge in [0.1, 0.15) is 23.3 Å². The lowest BCUT2D eigenvalue weighted by Crippen LogP contribution is -2.34. The predicted octanol–water partition coefficient (Wildman–Crippen LogP) is 4.79. The maximum Gasteiger partial charge on any atom is 0.330 e. The van der Waals surface area contributed by atoms with Crippen LogP contribution in [0.15, 0.2) is 101 Å². The van der Waals surface area contributed by atoms with Gasteiger partial charge in [0.05, 0.1) is 26.9 Å². The van der Waals surface area contributed by atoms with Gasteiger partial charge in [-0.2, -0.15) is 12.6 Å². The van der Waals surface area contributed by atoms with Crippen LogP contribution in [-0.4, -0.2) is 42.2 Å². The van der Waals surface area contributed by atoms with Crippen molar-refractivity contribution >= 4 is 12.6 Å². The van der Waals surface area contributed by atoms with Gasteiger partial charge in [0, 0.05) is 12.3 Å². The number of hydrogen-bond acceptors (Lipinski definition) is 7. The first-order valence-corrected chi connectivity index (χ1v) is 14.2. The number of rotatable bonds is 11. The Morgan fingerprint density at radius 2 is 1.46 bits per heavy atom. The third kappa shape index (κ3) is 5.98. The molecule has 9 heteroatoms. The van der Waals surface area contributed by atoms with Gasteiger partial charge in [0.25, 0.3) is 5.56 Å². The number of hydrogen-bond donors (Lipinski definition) is 2. The lowest BCUT2D eigenvalue weighted by atomic mass is 9.80. The molecule has 41 heavy (non-hydrogen) atoms. The number of H-pyrrole nitrogens is 1. The van der Waals surface area contributed by atoms with Crippen molar-refractivity contribution in [2.24, 2.45) is 5.92 Å². The van der Waals surface area contributed by atoms with Gasteiger partial charge in [0.2, 0.25) is 0 Å². The summed E-state index contributed by atoms with van der Waals surface area (Å²) < 4.78 is 25.6. The monoisotopic (exact) mass is 574 g/mol. The molecule has 5 rings (SSSR count). The van der Waals surface area contributed by atoms with Crippen molar-refractivity contribution < 1.29 is 18.9 Å². The van der Waals surface area contributed by atoms with E-state index in [0.29, 0.717) is 25.2 Å². The third-order valence-electron chi connectivity index (χ3n) is 7.65. The lowest BCUT2D eigenvalue weighted by molar-refractivity contribution is -0.0438. The van der Waals surface area contributed by atoms with Gasteiger partial charge in [-0.3, -0.25) is 14.3 Å². The average molecular weight is 575 g/mol. The molecule has 0 spiro atoms. The molecule has 1 aliphatic rings. The Labute approximate surface area is 244 Å². The topological polar surface area (TPSA) is 91.8 Å². The highest BCUT2D eigenvalue weighted by atomic mass is 32.1. The first-order chi connectivity index (χ1) is 20.0. The van der Waals surface area contributed by atoms with Gasteiger partial charge in [-0.1, -0.05) is 54.6 Å². The van der Waals surface area contributed by atoms with E-state index in [1.165, 1.54) is 16.8 Å². The molecule has 0 aliphatic carbocycles. The molecule has 0 radical (unpaired) electrons. The molecule has 214 valence electrons. The van der Waals surface area contributed by atoms with Crippen LogP contribution in [0, 0.1) is 5.92 Å². The standard InChI is InChI=1S/C32H34N2O6S/c1-37-26-12-8-24(9-13-26)32(23-6-4-3-5-7-23,25-10-14-27(38-2)15-11-25)39-19-17-28-22(21-41)20-30(40-28)34-18-16-29(35)33-31(34)36/h3-16,18,22,28,30,41H,17,19-21H2,1-2H3,(H,33,35,36)/t22-,28-,30-/m1/s1. The Morgan fingerprint density at radius 3 is 2.00 bits per heavy atom. The molecule has 0 unspecified atom stereocenters. The normalized spacial score (nSPS) is 18.8. The van der Waals surface area contributed by atoms with E-state index in [9.17, 15) is 9.59 Å². The molecule has 1 saturated heterocycles. The Bertz CT molecular complexity index is 1490. The zero-order valence-corrected chi connectivity index (χ0v) is 24.0. The number of thiol groups is 1. The molecule has 4 aromatic rings. The summed E-state index contributed by atoms with van der Waals surface area (Å²) in [6, 6.07) is 27.3. The Kier molecular flexibility index (Phi) is 8.97. The zero-order chi connectivity index (χ0) is 28.8. The quantitative estimate of drug-likeness (QED) is 0.198. The van der Waals surface area contributed by atoms with Gasteiger partial charge in [-0.15, -0.1) is 0 Å². The maximum absolute atomic E-state index is 12.4. The Morgan fingerprint density at radius 1 is 0.878 bits per heavy atom. The van der Waals surface area contributed by atoms with Crippen LogP contribution >= 0.6 is 12.6 Å². The molecular weight excluding hydrogens is 540 g/mol. The molecule has 3 atom stereocenters.